The van der Waals surface area contributed by atoms with Gasteiger partial charge in [-0.25, -0.2) is 52.5 Å². The van der Waals surface area contributed by atoms with Crippen molar-refractivity contribution in [2.45, 2.75) is 46.2 Å². The minimum Gasteiger partial charge on any atom is -0.477 e. The third-order valence-corrected chi connectivity index (χ3v) is 10.7. The molecule has 12 N–H and O–H groups in total. The van der Waals surface area contributed by atoms with E-state index >= 15 is 4.39 Å². The lowest BCUT2D eigenvalue weighted by atomic mass is 10.1. The van der Waals surface area contributed by atoms with Crippen LogP contribution in [0.4, 0.5) is 57.4 Å². The Morgan fingerprint density at radius 3 is 1.83 bits per heavy atom. The molecule has 20 nitrogen and oxygen atoms in total. The molecule has 71 heavy (non-hydrogen) atoms. The van der Waals surface area contributed by atoms with Crippen molar-refractivity contribution in [3.8, 4) is 22.6 Å². The van der Waals surface area contributed by atoms with E-state index in [0.717, 1.165) is 49.6 Å². The van der Waals surface area contributed by atoms with Gasteiger partial charge in [0.15, 0.2) is 5.82 Å². The lowest BCUT2D eigenvalue weighted by Crippen LogP contribution is -2.37. The molecule has 2 aromatic carbocycles. The van der Waals surface area contributed by atoms with Crippen molar-refractivity contribution >= 4 is 58.6 Å². The van der Waals surface area contributed by atoms with Crippen molar-refractivity contribution in [3.05, 3.63) is 125 Å². The maximum Gasteiger partial charge on any atom is 0.341 e. The van der Waals surface area contributed by atoms with Crippen LogP contribution in [0.5, 0.6) is 0 Å². The molecule has 4 aromatic heterocycles. The number of likely N-dealkylation sites (tertiary alicyclic amines) is 1. The number of carbonyl (C=O) groups is 4. The van der Waals surface area contributed by atoms with Crippen molar-refractivity contribution in [1.29, 1.82) is 0 Å². The highest BCUT2D eigenvalue weighted by molar-refractivity contribution is 5.99. The van der Waals surface area contributed by atoms with Crippen LogP contribution in [0.2, 0.25) is 0 Å². The number of carbonyl (C=O) groups excluding carboxylic acids is 3. The van der Waals surface area contributed by atoms with Crippen molar-refractivity contribution in [1.82, 2.24) is 45.8 Å². The molecule has 7 rings (SSSR count). The molecule has 5 heterocycles. The van der Waals surface area contributed by atoms with Crippen molar-refractivity contribution in [3.63, 3.8) is 0 Å². The van der Waals surface area contributed by atoms with E-state index in [0.29, 0.717) is 48.0 Å². The third-order valence-electron chi connectivity index (χ3n) is 10.7. The maximum absolute atomic E-state index is 15.1. The van der Waals surface area contributed by atoms with E-state index in [9.17, 15) is 33.1 Å². The summed E-state index contributed by atoms with van der Waals surface area (Å²) in [4.78, 5) is 71.2. The fourth-order valence-electron chi connectivity index (χ4n) is 7.05. The van der Waals surface area contributed by atoms with Gasteiger partial charge in [0.2, 0.25) is 0 Å². The standard InChI is InChI=1S/C28H34F2N8O2.C20H20FN7O3/c1-2-32-26-19(27(39)33-10-13-38-11-4-3-5-12-38)7-8-23(36-26)20-14-22(30)24(15-21(20)29)37-28(40)35-17-18-6-9-25(31)34-16-18;1-2-23-18-13(19(29)30)10-25-17(28-18)12-4-5-15(14(21)7-12)27-20(31)26-9-11-3-6-16(22)24-8-11/h6-9,14-16H,2-5,10-13,17H2,1H3,(H2,31,34)(H,32,36)(H,33,39)(H2,35,37,40);3-8,10H,2,9H2,1H3,(H2,22,24)(H,29,30)(H,23,25,28)(H2,26,27,31). The van der Waals surface area contributed by atoms with E-state index < -0.39 is 35.5 Å². The van der Waals surface area contributed by atoms with Crippen LogP contribution < -0.4 is 48.7 Å². The molecule has 0 aliphatic carbocycles. The Labute approximate surface area is 406 Å². The Bertz CT molecular complexity index is 2820. The number of anilines is 6. The van der Waals surface area contributed by atoms with Gasteiger partial charge in [0.25, 0.3) is 5.91 Å². The number of rotatable bonds is 17. The van der Waals surface area contributed by atoms with Gasteiger partial charge in [0, 0.05) is 75.1 Å². The Morgan fingerprint density at radius 1 is 0.648 bits per heavy atom. The summed E-state index contributed by atoms with van der Waals surface area (Å²) >= 11 is 0. The molecule has 1 aliphatic rings. The third kappa shape index (κ3) is 14.9. The quantitative estimate of drug-likeness (QED) is 0.0456. The van der Waals surface area contributed by atoms with Gasteiger partial charge in [-0.1, -0.05) is 18.6 Å². The lowest BCUT2D eigenvalue weighted by molar-refractivity contribution is 0.0696. The van der Waals surface area contributed by atoms with Gasteiger partial charge in [-0.05, 0) is 99.4 Å². The van der Waals surface area contributed by atoms with Crippen molar-refractivity contribution in [2.24, 2.45) is 0 Å². The summed E-state index contributed by atoms with van der Waals surface area (Å²) in [5, 5.41) is 27.9. The number of aromatic carboxylic acids is 1. The predicted octanol–water partition coefficient (Wildman–Crippen LogP) is 6.68. The monoisotopic (exact) mass is 977 g/mol. The van der Waals surface area contributed by atoms with Crippen LogP contribution in [0.25, 0.3) is 22.6 Å². The molecule has 6 aromatic rings. The molecule has 0 atom stereocenters. The van der Waals surface area contributed by atoms with Gasteiger partial charge in [-0.3, -0.25) is 4.79 Å². The van der Waals surface area contributed by atoms with Crippen LogP contribution >= 0.6 is 0 Å². The number of nitrogen functional groups attached to an aromatic ring is 2. The number of nitrogens with one attached hydrogen (secondary N) is 7. The van der Waals surface area contributed by atoms with Crippen molar-refractivity contribution in [2.75, 3.05) is 72.0 Å². The summed E-state index contributed by atoms with van der Waals surface area (Å²) in [7, 11) is 0. The van der Waals surface area contributed by atoms with Gasteiger partial charge in [-0.15, -0.1) is 0 Å². The molecule has 0 saturated carbocycles. The molecule has 1 aliphatic heterocycles. The average Bonchev–Trinajstić information content (AvgIpc) is 3.36. The number of nitrogens with zero attached hydrogens (tertiary/aromatic N) is 6. The minimum absolute atomic E-state index is 0.0363. The molecular formula is C48H54F3N15O5. The smallest absolute Gasteiger partial charge is 0.341 e. The first-order chi connectivity index (χ1) is 34.2. The highest BCUT2D eigenvalue weighted by atomic mass is 19.1. The summed E-state index contributed by atoms with van der Waals surface area (Å²) in [6.07, 6.45) is 7.79. The molecule has 1 saturated heterocycles. The Balaban J connectivity index is 0.000000240. The molecule has 0 spiro atoms. The van der Waals surface area contributed by atoms with Crippen LogP contribution in [0, 0.1) is 17.5 Å². The highest BCUT2D eigenvalue weighted by Crippen LogP contribution is 2.29. The van der Waals surface area contributed by atoms with E-state index in [-0.39, 0.29) is 64.7 Å². The molecule has 5 amide bonds. The van der Waals surface area contributed by atoms with Gasteiger partial charge in [0.05, 0.1) is 22.6 Å². The number of carboxylic acids is 1. The number of amides is 5. The van der Waals surface area contributed by atoms with E-state index in [1.165, 1.54) is 49.9 Å². The Morgan fingerprint density at radius 2 is 1.25 bits per heavy atom. The average molecular weight is 978 g/mol. The topological polar surface area (TPSA) is 292 Å². The Kier molecular flexibility index (Phi) is 18.3. The van der Waals surface area contributed by atoms with Crippen LogP contribution in [0.1, 0.15) is 65.0 Å². The Hall–Kier alpha value is -8.60. The zero-order valence-corrected chi connectivity index (χ0v) is 38.9. The maximum atomic E-state index is 15.1. The number of urea groups is 2. The summed E-state index contributed by atoms with van der Waals surface area (Å²) in [5.74, 6) is -2.51. The summed E-state index contributed by atoms with van der Waals surface area (Å²) in [6, 6.07) is 14.2. The first kappa shape index (κ1) is 51.8. The normalized spacial score (nSPS) is 12.1. The highest BCUT2D eigenvalue weighted by Gasteiger charge is 2.20. The van der Waals surface area contributed by atoms with E-state index in [4.69, 9.17) is 11.5 Å². The van der Waals surface area contributed by atoms with Gasteiger partial charge in [0.1, 0.15) is 46.3 Å². The summed E-state index contributed by atoms with van der Waals surface area (Å²) in [5.41, 5.74) is 12.7. The minimum atomic E-state index is -1.17. The van der Waals surface area contributed by atoms with E-state index in [1.54, 1.807) is 37.3 Å². The number of piperidine rings is 1. The number of halogens is 3. The molecule has 372 valence electrons. The zero-order chi connectivity index (χ0) is 50.9. The van der Waals surface area contributed by atoms with Crippen LogP contribution in [0.15, 0.2) is 85.3 Å². The van der Waals surface area contributed by atoms with Gasteiger partial charge in [-0.2, -0.15) is 0 Å². The summed E-state index contributed by atoms with van der Waals surface area (Å²) < 4.78 is 44.5. The SMILES string of the molecule is CCNc1nc(-c2cc(F)c(NC(=O)NCc3ccc(N)nc3)cc2F)ccc1C(=O)NCCN1CCCCC1.CCNc1nc(-c2ccc(NC(=O)NCc3ccc(N)nc3)c(F)c2)ncc1C(=O)O. The predicted molar refractivity (Wildman–Crippen MR) is 264 cm³/mol. The number of benzene rings is 2. The zero-order valence-electron chi connectivity index (χ0n) is 38.9. The fourth-order valence-corrected chi connectivity index (χ4v) is 7.05. The number of hydrogen-bond donors (Lipinski definition) is 10. The van der Waals surface area contributed by atoms with Crippen molar-refractivity contribution < 1.29 is 37.5 Å². The second-order valence-electron chi connectivity index (χ2n) is 15.9. The summed E-state index contributed by atoms with van der Waals surface area (Å²) in [6.45, 7) is 8.24. The first-order valence-electron chi connectivity index (χ1n) is 22.6. The fraction of sp³-hybridized carbons (Fsp3) is 0.271. The molecule has 0 radical (unpaired) electrons. The van der Waals surface area contributed by atoms with E-state index in [1.807, 2.05) is 6.92 Å². The number of pyridine rings is 3. The number of carboxylic acid groups (broad SMARTS) is 1. The second kappa shape index (κ2) is 25.1. The number of nitrogens with two attached hydrogens (primary N) is 2. The van der Waals surface area contributed by atoms with Crippen LogP contribution in [0.3, 0.4) is 0 Å². The molecule has 0 unspecified atom stereocenters. The van der Waals surface area contributed by atoms with Gasteiger partial charge >= 0.3 is 18.0 Å². The molecular weight excluding hydrogens is 924 g/mol. The molecule has 1 fully saturated rings. The van der Waals surface area contributed by atoms with E-state index in [2.05, 4.69) is 67.0 Å². The van der Waals surface area contributed by atoms with Gasteiger partial charge < -0.3 is 58.7 Å². The second-order valence-corrected chi connectivity index (χ2v) is 15.9. The lowest BCUT2D eigenvalue weighted by Gasteiger charge is -2.26. The largest absolute Gasteiger partial charge is 0.477 e. The number of hydrogen-bond acceptors (Lipinski definition) is 14. The molecule has 23 heteroatoms. The number of aromatic nitrogens is 5. The first-order valence-corrected chi connectivity index (χ1v) is 22.6. The van der Waals surface area contributed by atoms with Crippen LogP contribution in [-0.4, -0.2) is 98.1 Å². The van der Waals surface area contributed by atoms with Crippen LogP contribution in [-0.2, 0) is 13.1 Å². The molecule has 0 bridgehead atoms.